The Bertz CT molecular complexity index is 1570. The Hall–Kier alpha value is -4.14. The number of nitrogens with one attached hydrogen (secondary N) is 1. The van der Waals surface area contributed by atoms with Crippen LogP contribution in [0.4, 0.5) is 11.4 Å². The normalized spacial score (nSPS) is 12.8. The van der Waals surface area contributed by atoms with E-state index in [-0.39, 0.29) is 12.3 Å². The number of methoxy groups -OCH3 is 1. The second-order valence-corrected chi connectivity index (χ2v) is 14.3. The number of anilines is 2. The SMILES string of the molecule is CCCCCCCCCCCCCCCCCCOc1ccccc1NC(=O)C(C(=O)N1CCc2ccccc21)n1nc(C)c(CC(=O)OC)c1C. The molecule has 284 valence electrons. The molecule has 0 saturated carbocycles. The van der Waals surface area contributed by atoms with E-state index in [0.717, 1.165) is 24.1 Å². The number of aromatic nitrogens is 2. The van der Waals surface area contributed by atoms with Crippen molar-refractivity contribution in [1.29, 1.82) is 0 Å². The molecule has 0 spiro atoms. The summed E-state index contributed by atoms with van der Waals surface area (Å²) in [5, 5.41) is 7.62. The Kier molecular flexibility index (Phi) is 17.2. The minimum absolute atomic E-state index is 0.000720. The number of benzene rings is 2. The molecule has 0 radical (unpaired) electrons. The zero-order chi connectivity index (χ0) is 37.1. The molecule has 9 heteroatoms. The molecule has 1 unspecified atom stereocenters. The van der Waals surface area contributed by atoms with Gasteiger partial charge in [0, 0.05) is 23.5 Å². The van der Waals surface area contributed by atoms with E-state index in [1.807, 2.05) is 42.5 Å². The molecule has 2 amide bonds. The average molecular weight is 715 g/mol. The Morgan fingerprint density at radius 3 is 2.00 bits per heavy atom. The van der Waals surface area contributed by atoms with Gasteiger partial charge >= 0.3 is 5.97 Å². The van der Waals surface area contributed by atoms with Gasteiger partial charge in [-0.3, -0.25) is 14.4 Å². The first-order valence-corrected chi connectivity index (χ1v) is 19.9. The van der Waals surface area contributed by atoms with Crippen LogP contribution in [0.2, 0.25) is 0 Å². The van der Waals surface area contributed by atoms with Crippen molar-refractivity contribution in [2.75, 3.05) is 30.5 Å². The van der Waals surface area contributed by atoms with E-state index in [4.69, 9.17) is 9.47 Å². The molecule has 0 aliphatic carbocycles. The van der Waals surface area contributed by atoms with Crippen LogP contribution >= 0.6 is 0 Å². The summed E-state index contributed by atoms with van der Waals surface area (Å²) in [5.74, 6) is -0.761. The average Bonchev–Trinajstić information content (AvgIpc) is 3.70. The fourth-order valence-electron chi connectivity index (χ4n) is 7.19. The maximum atomic E-state index is 14.3. The predicted octanol–water partition coefficient (Wildman–Crippen LogP) is 9.62. The Balaban J connectivity index is 1.28. The Morgan fingerprint density at radius 1 is 0.788 bits per heavy atom. The van der Waals surface area contributed by atoms with Crippen LogP contribution in [0.5, 0.6) is 5.75 Å². The third kappa shape index (κ3) is 12.0. The number of carbonyl (C=O) groups excluding carboxylic acids is 3. The smallest absolute Gasteiger partial charge is 0.310 e. The molecule has 1 atom stereocenters. The van der Waals surface area contributed by atoms with Gasteiger partial charge in [-0.2, -0.15) is 5.10 Å². The first-order chi connectivity index (χ1) is 25.3. The van der Waals surface area contributed by atoms with Gasteiger partial charge in [0.1, 0.15) is 5.75 Å². The number of amides is 2. The lowest BCUT2D eigenvalue weighted by molar-refractivity contribution is -0.139. The van der Waals surface area contributed by atoms with Crippen LogP contribution < -0.4 is 15.0 Å². The lowest BCUT2D eigenvalue weighted by atomic mass is 10.0. The molecule has 2 aromatic carbocycles. The second-order valence-electron chi connectivity index (χ2n) is 14.3. The Labute approximate surface area is 311 Å². The van der Waals surface area contributed by atoms with Crippen molar-refractivity contribution in [3.8, 4) is 5.75 Å². The van der Waals surface area contributed by atoms with E-state index in [0.29, 0.717) is 48.0 Å². The highest BCUT2D eigenvalue weighted by molar-refractivity contribution is 6.14. The zero-order valence-corrected chi connectivity index (χ0v) is 32.2. The number of esters is 1. The van der Waals surface area contributed by atoms with Gasteiger partial charge in [-0.1, -0.05) is 134 Å². The summed E-state index contributed by atoms with van der Waals surface area (Å²) < 4.78 is 12.5. The number of para-hydroxylation sites is 3. The number of hydrogen-bond donors (Lipinski definition) is 1. The first kappa shape index (κ1) is 40.6. The highest BCUT2D eigenvalue weighted by Gasteiger charge is 2.38. The zero-order valence-electron chi connectivity index (χ0n) is 32.2. The molecule has 2 heterocycles. The summed E-state index contributed by atoms with van der Waals surface area (Å²) in [6.45, 7) is 6.84. The van der Waals surface area contributed by atoms with Gasteiger partial charge in [0.25, 0.3) is 11.8 Å². The van der Waals surface area contributed by atoms with Gasteiger partial charge in [0.05, 0.1) is 31.5 Å². The van der Waals surface area contributed by atoms with Crippen LogP contribution in [0.25, 0.3) is 0 Å². The van der Waals surface area contributed by atoms with Crippen molar-refractivity contribution >= 4 is 29.2 Å². The summed E-state index contributed by atoms with van der Waals surface area (Å²) in [4.78, 5) is 42.4. The number of carbonyl (C=O) groups is 3. The van der Waals surface area contributed by atoms with E-state index in [9.17, 15) is 14.4 Å². The largest absolute Gasteiger partial charge is 0.491 e. The van der Waals surface area contributed by atoms with E-state index < -0.39 is 17.9 Å². The van der Waals surface area contributed by atoms with E-state index in [2.05, 4.69) is 17.3 Å². The van der Waals surface area contributed by atoms with Gasteiger partial charge in [-0.05, 0) is 50.5 Å². The van der Waals surface area contributed by atoms with Crippen molar-refractivity contribution in [1.82, 2.24) is 9.78 Å². The minimum atomic E-state index is -1.30. The maximum absolute atomic E-state index is 14.3. The first-order valence-electron chi connectivity index (χ1n) is 19.9. The molecular weight excluding hydrogens is 652 g/mol. The third-order valence-corrected chi connectivity index (χ3v) is 10.3. The number of unbranched alkanes of at least 4 members (excludes halogenated alkanes) is 15. The molecule has 0 bridgehead atoms. The monoisotopic (exact) mass is 714 g/mol. The lowest BCUT2D eigenvalue weighted by Crippen LogP contribution is -2.43. The summed E-state index contributed by atoms with van der Waals surface area (Å²) in [5.41, 5.74) is 4.13. The van der Waals surface area contributed by atoms with Gasteiger partial charge in [-0.15, -0.1) is 0 Å². The standard InChI is InChI=1S/C43H62N4O5/c1-5-6-7-8-9-10-11-12-13-14-15-16-17-18-19-24-31-52-39-28-23-21-26-37(39)44-42(49)41(43(50)46-30-29-35-25-20-22-27-38(35)46)47-34(3)36(33(2)45-47)32-40(48)51-4/h20-23,25-28,41H,5-19,24,29-32H2,1-4H3,(H,44,49). The lowest BCUT2D eigenvalue weighted by Gasteiger charge is -2.25. The summed E-state index contributed by atoms with van der Waals surface area (Å²) in [6, 6.07) is 13.8. The highest BCUT2D eigenvalue weighted by Crippen LogP contribution is 2.32. The summed E-state index contributed by atoms with van der Waals surface area (Å²) in [6.07, 6.45) is 21.7. The molecule has 1 aromatic heterocycles. The molecule has 1 N–H and O–H groups in total. The maximum Gasteiger partial charge on any atom is 0.310 e. The topological polar surface area (TPSA) is 103 Å². The van der Waals surface area contributed by atoms with Crippen molar-refractivity contribution in [2.24, 2.45) is 0 Å². The number of hydrogen-bond acceptors (Lipinski definition) is 6. The highest BCUT2D eigenvalue weighted by atomic mass is 16.5. The van der Waals surface area contributed by atoms with E-state index in [1.165, 1.54) is 102 Å². The van der Waals surface area contributed by atoms with Crippen LogP contribution in [0.15, 0.2) is 48.5 Å². The van der Waals surface area contributed by atoms with Crippen LogP contribution in [0.1, 0.15) is 138 Å². The van der Waals surface area contributed by atoms with Crippen LogP contribution in [-0.2, 0) is 32.0 Å². The molecule has 0 saturated heterocycles. The number of ether oxygens (including phenoxy) is 2. The number of fused-ring (bicyclic) bond motifs is 1. The van der Waals surface area contributed by atoms with Crippen molar-refractivity contribution < 1.29 is 23.9 Å². The predicted molar refractivity (Wildman–Crippen MR) is 209 cm³/mol. The van der Waals surface area contributed by atoms with Crippen molar-refractivity contribution in [2.45, 2.75) is 142 Å². The van der Waals surface area contributed by atoms with Gasteiger partial charge in [-0.25, -0.2) is 4.68 Å². The van der Waals surface area contributed by atoms with Gasteiger partial charge in [0.2, 0.25) is 6.04 Å². The van der Waals surface area contributed by atoms with E-state index in [1.54, 1.807) is 24.8 Å². The van der Waals surface area contributed by atoms with Crippen molar-refractivity contribution in [3.05, 3.63) is 71.0 Å². The van der Waals surface area contributed by atoms with E-state index >= 15 is 0 Å². The quantitative estimate of drug-likeness (QED) is 0.0563. The number of aryl methyl sites for hydroxylation is 1. The molecule has 1 aliphatic rings. The fraction of sp³-hybridized carbons (Fsp3) is 0.581. The van der Waals surface area contributed by atoms with Crippen LogP contribution in [0, 0.1) is 13.8 Å². The minimum Gasteiger partial charge on any atom is -0.491 e. The number of rotatable bonds is 24. The summed E-state index contributed by atoms with van der Waals surface area (Å²) >= 11 is 0. The molecule has 4 rings (SSSR count). The van der Waals surface area contributed by atoms with Gasteiger partial charge < -0.3 is 19.7 Å². The number of nitrogens with zero attached hydrogens (tertiary/aromatic N) is 3. The summed E-state index contributed by atoms with van der Waals surface area (Å²) in [7, 11) is 1.34. The molecule has 1 aliphatic heterocycles. The fourth-order valence-corrected chi connectivity index (χ4v) is 7.19. The molecule has 3 aromatic rings. The van der Waals surface area contributed by atoms with Crippen LogP contribution in [-0.4, -0.2) is 47.8 Å². The van der Waals surface area contributed by atoms with Gasteiger partial charge in [0.15, 0.2) is 0 Å². The molecule has 52 heavy (non-hydrogen) atoms. The molecule has 0 fully saturated rings. The van der Waals surface area contributed by atoms with Crippen LogP contribution in [0.3, 0.4) is 0 Å². The van der Waals surface area contributed by atoms with Crippen molar-refractivity contribution in [3.63, 3.8) is 0 Å². The second kappa shape index (κ2) is 22.0. The molecule has 9 nitrogen and oxygen atoms in total. The molecular formula is C43H62N4O5. The third-order valence-electron chi connectivity index (χ3n) is 10.3. The Morgan fingerprint density at radius 2 is 1.37 bits per heavy atom.